The zero-order valence-electron chi connectivity index (χ0n) is 17.8. The van der Waals surface area contributed by atoms with E-state index in [-0.39, 0.29) is 18.4 Å². The highest BCUT2D eigenvalue weighted by atomic mass is 35.5. The fraction of sp³-hybridized carbons (Fsp3) is 0.571. The molecule has 1 fully saturated rings. The summed E-state index contributed by atoms with van der Waals surface area (Å²) in [4.78, 5) is 34.5. The number of carbonyl (C=O) groups is 3. The van der Waals surface area contributed by atoms with Gasteiger partial charge in [0.15, 0.2) is 0 Å². The number of barbiturate groups is 1. The first kappa shape index (κ1) is 27.0. The van der Waals surface area contributed by atoms with Crippen molar-refractivity contribution in [1.29, 1.82) is 0 Å². The number of likely N-dealkylation sites (N-methyl/N-ethyl adjacent to an activating group) is 1. The molecule has 2 rings (SSSR count). The molecule has 4 amide bonds. The van der Waals surface area contributed by atoms with E-state index in [1.54, 1.807) is 6.92 Å². The number of halogens is 1. The van der Waals surface area contributed by atoms with E-state index in [2.05, 4.69) is 16.0 Å². The molecule has 0 aromatic heterocycles. The summed E-state index contributed by atoms with van der Waals surface area (Å²) in [6.07, 6.45) is 1.25. The van der Waals surface area contributed by atoms with Crippen LogP contribution >= 0.6 is 12.4 Å². The van der Waals surface area contributed by atoms with Crippen LogP contribution in [0.1, 0.15) is 58.6 Å². The maximum absolute atomic E-state index is 11.8. The van der Waals surface area contributed by atoms with Gasteiger partial charge in [0.1, 0.15) is 5.41 Å². The topological polar surface area (TPSA) is 108 Å². The first-order chi connectivity index (χ1) is 13.2. The summed E-state index contributed by atoms with van der Waals surface area (Å²) in [7, 11) is 1.84. The number of aliphatic hydroxyl groups is 1. The second-order valence-corrected chi connectivity index (χ2v) is 7.54. The Hall–Kier alpha value is -1.96. The Morgan fingerprint density at radius 2 is 1.55 bits per heavy atom. The van der Waals surface area contributed by atoms with Crippen LogP contribution < -0.4 is 16.0 Å². The van der Waals surface area contributed by atoms with Crippen LogP contribution in [0.2, 0.25) is 0 Å². The van der Waals surface area contributed by atoms with Gasteiger partial charge in [-0.05, 0) is 44.7 Å². The van der Waals surface area contributed by atoms with E-state index in [1.165, 1.54) is 0 Å². The molecule has 29 heavy (non-hydrogen) atoms. The number of carbonyl (C=O) groups excluding carboxylic acids is 3. The van der Waals surface area contributed by atoms with Gasteiger partial charge < -0.3 is 10.4 Å². The van der Waals surface area contributed by atoms with Crippen molar-refractivity contribution in [2.45, 2.75) is 59.1 Å². The Morgan fingerprint density at radius 3 is 1.97 bits per heavy atom. The molecule has 0 aliphatic carbocycles. The molecule has 1 heterocycles. The van der Waals surface area contributed by atoms with Gasteiger partial charge in [-0.25, -0.2) is 4.79 Å². The largest absolute Gasteiger partial charge is 0.387 e. The second kappa shape index (κ2) is 12.6. The van der Waals surface area contributed by atoms with E-state index in [4.69, 9.17) is 0 Å². The monoisotopic (exact) mass is 427 g/mol. The predicted molar refractivity (Wildman–Crippen MR) is 116 cm³/mol. The van der Waals surface area contributed by atoms with Gasteiger partial charge in [-0.15, -0.1) is 12.4 Å². The molecular weight excluding hydrogens is 394 g/mol. The highest BCUT2D eigenvalue weighted by molar-refractivity contribution is 6.19. The normalized spacial score (nSPS) is 17.3. The Morgan fingerprint density at radius 1 is 1.03 bits per heavy atom. The highest BCUT2D eigenvalue weighted by Crippen LogP contribution is 2.32. The molecule has 4 N–H and O–H groups in total. The molecule has 1 saturated heterocycles. The van der Waals surface area contributed by atoms with Crippen LogP contribution in [0.15, 0.2) is 30.3 Å². The van der Waals surface area contributed by atoms with E-state index in [0.717, 1.165) is 12.0 Å². The third-order valence-electron chi connectivity index (χ3n) is 5.15. The molecule has 2 atom stereocenters. The van der Waals surface area contributed by atoms with Crippen LogP contribution in [0.5, 0.6) is 0 Å². The maximum Gasteiger partial charge on any atom is 0.328 e. The molecular formula is C21H34ClN3O4. The molecule has 164 valence electrons. The SMILES string of the molecule is CCC1(CCC(C)C)C(=O)NC(=O)NC1=O.CN[C@@H](C)[C@H](O)c1ccccc1.Cl. The Bertz CT molecular complexity index is 647. The number of amides is 4. The van der Waals surface area contributed by atoms with Crippen LogP contribution in [-0.4, -0.2) is 36.0 Å². The van der Waals surface area contributed by atoms with Crippen molar-refractivity contribution in [3.05, 3.63) is 35.9 Å². The van der Waals surface area contributed by atoms with Gasteiger partial charge in [0.25, 0.3) is 0 Å². The number of nitrogens with one attached hydrogen (secondary N) is 3. The van der Waals surface area contributed by atoms with Gasteiger partial charge in [0.05, 0.1) is 6.10 Å². The van der Waals surface area contributed by atoms with Gasteiger partial charge in [0, 0.05) is 6.04 Å². The summed E-state index contributed by atoms with van der Waals surface area (Å²) in [5.41, 5.74) is -0.114. The third-order valence-corrected chi connectivity index (χ3v) is 5.15. The quantitative estimate of drug-likeness (QED) is 0.500. The first-order valence-electron chi connectivity index (χ1n) is 9.75. The highest BCUT2D eigenvalue weighted by Gasteiger charge is 2.48. The molecule has 0 radical (unpaired) electrons. The minimum absolute atomic E-state index is 0. The number of rotatable bonds is 7. The number of hydrogen-bond donors (Lipinski definition) is 4. The van der Waals surface area contributed by atoms with Crippen LogP contribution in [-0.2, 0) is 9.59 Å². The van der Waals surface area contributed by atoms with E-state index < -0.39 is 29.4 Å². The summed E-state index contributed by atoms with van der Waals surface area (Å²) in [6, 6.07) is 9.04. The van der Waals surface area contributed by atoms with E-state index in [1.807, 2.05) is 58.2 Å². The minimum Gasteiger partial charge on any atom is -0.387 e. The van der Waals surface area contributed by atoms with Gasteiger partial charge in [0.2, 0.25) is 11.8 Å². The average molecular weight is 428 g/mol. The molecule has 0 unspecified atom stereocenters. The summed E-state index contributed by atoms with van der Waals surface area (Å²) >= 11 is 0. The minimum atomic E-state index is -1.07. The van der Waals surface area contributed by atoms with E-state index in [9.17, 15) is 19.5 Å². The number of hydrogen-bond acceptors (Lipinski definition) is 5. The van der Waals surface area contributed by atoms with Crippen molar-refractivity contribution >= 4 is 30.3 Å². The molecule has 8 heteroatoms. The molecule has 1 aliphatic heterocycles. The van der Waals surface area contributed by atoms with Crippen LogP contribution in [0.25, 0.3) is 0 Å². The van der Waals surface area contributed by atoms with Gasteiger partial charge >= 0.3 is 6.03 Å². The van der Waals surface area contributed by atoms with Crippen molar-refractivity contribution < 1.29 is 19.5 Å². The van der Waals surface area contributed by atoms with Crippen molar-refractivity contribution in [3.63, 3.8) is 0 Å². The van der Waals surface area contributed by atoms with Crippen LogP contribution in [0.3, 0.4) is 0 Å². The Balaban J connectivity index is 0.000000542. The van der Waals surface area contributed by atoms with Gasteiger partial charge in [-0.3, -0.25) is 20.2 Å². The zero-order chi connectivity index (χ0) is 21.3. The maximum atomic E-state index is 11.8. The van der Waals surface area contributed by atoms with Crippen molar-refractivity contribution in [3.8, 4) is 0 Å². The van der Waals surface area contributed by atoms with E-state index in [0.29, 0.717) is 18.8 Å². The first-order valence-corrected chi connectivity index (χ1v) is 9.75. The molecule has 1 aromatic carbocycles. The molecule has 1 aromatic rings. The smallest absolute Gasteiger partial charge is 0.328 e. The Labute approximate surface area is 179 Å². The lowest BCUT2D eigenvalue weighted by atomic mass is 9.76. The van der Waals surface area contributed by atoms with Crippen molar-refractivity contribution in [2.24, 2.45) is 11.3 Å². The Kier molecular flexibility index (Phi) is 11.7. The summed E-state index contributed by atoms with van der Waals surface area (Å²) in [5, 5.41) is 17.1. The third kappa shape index (κ3) is 7.42. The second-order valence-electron chi connectivity index (χ2n) is 7.54. The lowest BCUT2D eigenvalue weighted by Gasteiger charge is -2.33. The molecule has 0 spiro atoms. The molecule has 1 aliphatic rings. The predicted octanol–water partition coefficient (Wildman–Crippen LogP) is 2.93. The lowest BCUT2D eigenvalue weighted by Crippen LogP contribution is -2.62. The number of benzene rings is 1. The standard InChI is InChI=1S/C11H18N2O3.C10H15NO.ClH/c1-4-11(6-5-7(2)3)8(14)12-10(16)13-9(11)15;1-8(11-2)10(12)9-6-4-3-5-7-9;/h7H,4-6H2,1-3H3,(H2,12,13,14,15,16);3-8,10-12H,1-2H3;1H/t;8-,10-;/m.0./s1. The zero-order valence-corrected chi connectivity index (χ0v) is 18.6. The van der Waals surface area contributed by atoms with Gasteiger partial charge in [-0.1, -0.05) is 51.1 Å². The lowest BCUT2D eigenvalue weighted by molar-refractivity contribution is -0.145. The fourth-order valence-electron chi connectivity index (χ4n) is 2.94. The summed E-state index contributed by atoms with van der Waals surface area (Å²) in [6.45, 7) is 7.81. The molecule has 0 saturated carbocycles. The fourth-order valence-corrected chi connectivity index (χ4v) is 2.94. The van der Waals surface area contributed by atoms with Crippen molar-refractivity contribution in [1.82, 2.24) is 16.0 Å². The van der Waals surface area contributed by atoms with Gasteiger partial charge in [-0.2, -0.15) is 0 Å². The average Bonchev–Trinajstić information content (AvgIpc) is 2.67. The van der Waals surface area contributed by atoms with Crippen molar-refractivity contribution in [2.75, 3.05) is 7.05 Å². The van der Waals surface area contributed by atoms with Crippen LogP contribution in [0.4, 0.5) is 4.79 Å². The molecule has 0 bridgehead atoms. The summed E-state index contributed by atoms with van der Waals surface area (Å²) < 4.78 is 0. The molecule has 7 nitrogen and oxygen atoms in total. The number of aliphatic hydroxyl groups excluding tert-OH is 1. The van der Waals surface area contributed by atoms with Crippen LogP contribution in [0, 0.1) is 11.3 Å². The summed E-state index contributed by atoms with van der Waals surface area (Å²) in [5.74, 6) is -0.518. The number of imide groups is 2. The van der Waals surface area contributed by atoms with E-state index >= 15 is 0 Å². The number of urea groups is 1.